The third-order valence-corrected chi connectivity index (χ3v) is 7.98. The van der Waals surface area contributed by atoms with E-state index < -0.39 is 18.1 Å². The van der Waals surface area contributed by atoms with Crippen molar-refractivity contribution in [2.24, 2.45) is 11.0 Å². The van der Waals surface area contributed by atoms with Crippen molar-refractivity contribution in [3.8, 4) is 0 Å². The van der Waals surface area contributed by atoms with Gasteiger partial charge in [-0.2, -0.15) is 5.10 Å². The molecule has 0 bridgehead atoms. The number of hydrogen-bond donors (Lipinski definition) is 2. The Morgan fingerprint density at radius 2 is 1.63 bits per heavy atom. The van der Waals surface area contributed by atoms with E-state index in [1.165, 1.54) is 6.21 Å². The van der Waals surface area contributed by atoms with E-state index in [-0.39, 0.29) is 30.8 Å². The molecule has 0 unspecified atom stereocenters. The van der Waals surface area contributed by atoms with Crippen LogP contribution in [0.1, 0.15) is 50.7 Å². The van der Waals surface area contributed by atoms with Gasteiger partial charge in [0.15, 0.2) is 0 Å². The van der Waals surface area contributed by atoms with Crippen LogP contribution in [0, 0.1) is 5.92 Å². The molecule has 0 spiro atoms. The largest absolute Gasteiger partial charge is 0.457 e. The van der Waals surface area contributed by atoms with Crippen LogP contribution in [0.5, 0.6) is 0 Å². The van der Waals surface area contributed by atoms with Gasteiger partial charge in [0.05, 0.1) is 18.6 Å². The Balaban J connectivity index is 1.08. The van der Waals surface area contributed by atoms with Gasteiger partial charge in [-0.3, -0.25) is 14.4 Å². The molecule has 1 saturated heterocycles. The maximum absolute atomic E-state index is 13.5. The van der Waals surface area contributed by atoms with E-state index in [9.17, 15) is 19.2 Å². The van der Waals surface area contributed by atoms with E-state index in [1.54, 1.807) is 35.2 Å². The number of amides is 3. The number of carbonyl (C=O) groups is 4. The number of carbonyl (C=O) groups excluding carboxylic acids is 4. The predicted molar refractivity (Wildman–Crippen MR) is 171 cm³/mol. The number of nitrogens with zero attached hydrogens (tertiary/aromatic N) is 2. The quantitative estimate of drug-likeness (QED) is 0.148. The molecule has 3 amide bonds. The summed E-state index contributed by atoms with van der Waals surface area (Å²) in [5, 5.41) is 6.83. The molecule has 2 N–H and O–H groups in total. The molecular weight excluding hydrogens is 584 g/mol. The van der Waals surface area contributed by atoms with E-state index in [0.29, 0.717) is 36.3 Å². The number of nitrogens with one attached hydrogen (secondary N) is 2. The smallest absolute Gasteiger partial charge is 0.428 e. The average molecular weight is 617 g/mol. The summed E-state index contributed by atoms with van der Waals surface area (Å²) in [6.45, 7) is 0.975. The first-order valence-corrected chi connectivity index (χ1v) is 15.0. The average Bonchev–Trinajstić information content (AvgIpc) is 3.43. The zero-order chi connectivity index (χ0) is 31.9. The molecule has 10 nitrogen and oxygen atoms in total. The summed E-state index contributed by atoms with van der Waals surface area (Å²) in [4.78, 5) is 52.5. The van der Waals surface area contributed by atoms with Crippen LogP contribution in [0.3, 0.4) is 0 Å². The second-order valence-electron chi connectivity index (χ2n) is 11.1. The third-order valence-electron chi connectivity index (χ3n) is 7.98. The minimum absolute atomic E-state index is 0.0539. The molecule has 10 heteroatoms. The van der Waals surface area contributed by atoms with Crippen molar-refractivity contribution < 1.29 is 28.7 Å². The Labute approximate surface area is 266 Å². The number of ether oxygens (including phenoxy) is 2. The number of benzene rings is 4. The van der Waals surface area contributed by atoms with Crippen LogP contribution >= 0.6 is 0 Å². The lowest BCUT2D eigenvalue weighted by molar-refractivity contribution is -0.142. The number of hydrogen-bond acceptors (Lipinski definition) is 7. The monoisotopic (exact) mass is 616 g/mol. The molecule has 2 heterocycles. The molecule has 4 aromatic rings. The molecule has 2 aliphatic rings. The van der Waals surface area contributed by atoms with Crippen molar-refractivity contribution in [2.45, 2.75) is 32.1 Å². The molecule has 6 rings (SSSR count). The maximum atomic E-state index is 13.5. The van der Waals surface area contributed by atoms with Crippen molar-refractivity contribution in [2.75, 3.05) is 11.9 Å². The lowest BCUT2D eigenvalue weighted by atomic mass is 9.93. The summed E-state index contributed by atoms with van der Waals surface area (Å²) in [7, 11) is 0. The van der Waals surface area contributed by atoms with Crippen molar-refractivity contribution in [1.82, 2.24) is 10.3 Å². The molecule has 0 radical (unpaired) electrons. The fraction of sp³-hybridized carbons (Fsp3) is 0.194. The van der Waals surface area contributed by atoms with E-state index in [1.807, 2.05) is 72.8 Å². The maximum Gasteiger partial charge on any atom is 0.428 e. The second-order valence-corrected chi connectivity index (χ2v) is 11.1. The predicted octanol–water partition coefficient (Wildman–Crippen LogP) is 5.39. The second kappa shape index (κ2) is 13.9. The van der Waals surface area contributed by atoms with Crippen LogP contribution in [-0.4, -0.2) is 41.5 Å². The van der Waals surface area contributed by atoms with Gasteiger partial charge in [-0.25, -0.2) is 10.2 Å². The molecule has 1 fully saturated rings. The minimum atomic E-state index is -0.679. The van der Waals surface area contributed by atoms with E-state index in [2.05, 4.69) is 15.8 Å². The molecule has 0 saturated carbocycles. The molecule has 0 aliphatic carbocycles. The zero-order valence-corrected chi connectivity index (χ0v) is 24.9. The Kier molecular flexibility index (Phi) is 9.14. The number of fused-ring (bicyclic) bond motifs is 3. The van der Waals surface area contributed by atoms with Gasteiger partial charge >= 0.3 is 12.1 Å². The first-order valence-electron chi connectivity index (χ1n) is 15.0. The summed E-state index contributed by atoms with van der Waals surface area (Å²) < 4.78 is 10.7. The van der Waals surface area contributed by atoms with Crippen LogP contribution in [0.4, 0.5) is 10.5 Å². The van der Waals surface area contributed by atoms with Gasteiger partial charge in [-0.1, -0.05) is 78.9 Å². The first-order chi connectivity index (χ1) is 22.4. The van der Waals surface area contributed by atoms with Gasteiger partial charge < -0.3 is 19.7 Å². The highest BCUT2D eigenvalue weighted by molar-refractivity contribution is 6.04. The summed E-state index contributed by atoms with van der Waals surface area (Å²) in [5.74, 6) is -1.37. The molecule has 2 atom stereocenters. The van der Waals surface area contributed by atoms with Crippen LogP contribution in [-0.2, 0) is 38.6 Å². The first kappa shape index (κ1) is 30.3. The van der Waals surface area contributed by atoms with E-state index in [4.69, 9.17) is 9.47 Å². The molecule has 4 aromatic carbocycles. The van der Waals surface area contributed by atoms with E-state index >= 15 is 0 Å². The van der Waals surface area contributed by atoms with Crippen molar-refractivity contribution in [3.63, 3.8) is 0 Å². The third kappa shape index (κ3) is 7.29. The summed E-state index contributed by atoms with van der Waals surface area (Å²) >= 11 is 0. The zero-order valence-electron chi connectivity index (χ0n) is 24.9. The normalized spacial score (nSPS) is 17.1. The van der Waals surface area contributed by atoms with Gasteiger partial charge in [0, 0.05) is 24.3 Å². The summed E-state index contributed by atoms with van der Waals surface area (Å²) in [6, 6.07) is 31.4. The Morgan fingerprint density at radius 1 is 0.913 bits per heavy atom. The Hall–Kier alpha value is -5.77. The molecular formula is C36H32N4O6. The highest BCUT2D eigenvalue weighted by Crippen LogP contribution is 2.41. The number of esters is 1. The van der Waals surface area contributed by atoms with Crippen molar-refractivity contribution >= 4 is 35.8 Å². The van der Waals surface area contributed by atoms with Gasteiger partial charge in [0.25, 0.3) is 5.91 Å². The molecule has 2 aliphatic heterocycles. The van der Waals surface area contributed by atoms with Crippen LogP contribution < -0.4 is 10.7 Å². The number of anilines is 1. The van der Waals surface area contributed by atoms with Gasteiger partial charge in [-0.05, 0) is 58.5 Å². The topological polar surface area (TPSA) is 126 Å². The fourth-order valence-corrected chi connectivity index (χ4v) is 5.61. The lowest BCUT2D eigenvalue weighted by Crippen LogP contribution is -2.36. The molecule has 232 valence electrons. The summed E-state index contributed by atoms with van der Waals surface area (Å²) in [5.41, 5.74) is 7.56. The number of hydrazone groups is 1. The highest BCUT2D eigenvalue weighted by atomic mass is 16.6. The van der Waals surface area contributed by atoms with Crippen molar-refractivity contribution in [3.05, 3.63) is 137 Å². The summed E-state index contributed by atoms with van der Waals surface area (Å²) in [6.07, 6.45) is 0.863. The lowest BCUT2D eigenvalue weighted by Gasteiger charge is -2.23. The molecule has 46 heavy (non-hydrogen) atoms. The molecule has 0 aromatic heterocycles. The minimum Gasteiger partial charge on any atom is -0.457 e. The number of rotatable bonds is 9. The van der Waals surface area contributed by atoms with Crippen LogP contribution in [0.2, 0.25) is 0 Å². The SMILES string of the molecule is O=C1C[C@@H]2C(=O)N(CCc3ccccc3)Cc3cc(NC(=O)c4ccc(C=NNC(=O)OCc5ccccc5)cc4)ccc3[C@H]2O1. The Bertz CT molecular complexity index is 1760. The van der Waals surface area contributed by atoms with Gasteiger partial charge in [-0.15, -0.1) is 0 Å². The fourth-order valence-electron chi connectivity index (χ4n) is 5.61. The highest BCUT2D eigenvalue weighted by Gasteiger charge is 2.45. The van der Waals surface area contributed by atoms with Gasteiger partial charge in [0.1, 0.15) is 12.7 Å². The standard InChI is InChI=1S/C36H32N4O6/c41-32-20-31-33(46-32)30-16-15-29(19-28(30)22-40(35(31)43)18-17-24-7-3-1-4-8-24)38-34(42)27-13-11-25(12-14-27)21-37-39-36(44)45-23-26-9-5-2-6-10-26/h1-16,19,21,31,33H,17-18,20,22-23H2,(H,38,42)(H,39,44)/t31-,33+/m0/s1. The van der Waals surface area contributed by atoms with Crippen molar-refractivity contribution in [1.29, 1.82) is 0 Å². The van der Waals surface area contributed by atoms with Gasteiger partial charge in [0.2, 0.25) is 5.91 Å². The Morgan fingerprint density at radius 3 is 2.37 bits per heavy atom. The van der Waals surface area contributed by atoms with E-state index in [0.717, 1.165) is 22.3 Å². The van der Waals surface area contributed by atoms with Crippen LogP contribution in [0.15, 0.2) is 108 Å². The van der Waals surface area contributed by atoms with Crippen LogP contribution in [0.25, 0.3) is 0 Å².